The molecule has 0 bridgehead atoms. The Morgan fingerprint density at radius 1 is 1.48 bits per heavy atom. The zero-order valence-corrected chi connectivity index (χ0v) is 16.5. The fourth-order valence-electron chi connectivity index (χ4n) is 2.43. The lowest BCUT2D eigenvalue weighted by Gasteiger charge is -2.24. The quantitative estimate of drug-likeness (QED) is 0.237. The summed E-state index contributed by atoms with van der Waals surface area (Å²) in [5.74, 6) is 1.94. The monoisotopic (exact) mass is 450 g/mol. The summed E-state index contributed by atoms with van der Waals surface area (Å²) in [6.07, 6.45) is 2.48. The first-order valence-electron chi connectivity index (χ1n) is 7.34. The van der Waals surface area contributed by atoms with E-state index in [9.17, 15) is 10.1 Å². The van der Waals surface area contributed by atoms with Gasteiger partial charge in [-0.3, -0.25) is 15.1 Å². The van der Waals surface area contributed by atoms with Crippen LogP contribution in [0.3, 0.4) is 0 Å². The molecule has 1 aromatic rings. The van der Waals surface area contributed by atoms with Crippen LogP contribution >= 0.6 is 35.7 Å². The van der Waals surface area contributed by atoms with Crippen molar-refractivity contribution in [3.05, 3.63) is 39.9 Å². The molecule has 0 aromatic heterocycles. The second kappa shape index (κ2) is 9.31. The number of rotatable bonds is 5. The van der Waals surface area contributed by atoms with Gasteiger partial charge in [-0.1, -0.05) is 12.1 Å². The molecular weight excluding hydrogens is 427 g/mol. The molecule has 1 atom stereocenters. The summed E-state index contributed by atoms with van der Waals surface area (Å²) in [5, 5.41) is 17.3. The minimum atomic E-state index is -0.380. The van der Waals surface area contributed by atoms with Crippen LogP contribution in [0.4, 0.5) is 5.69 Å². The highest BCUT2D eigenvalue weighted by Crippen LogP contribution is 2.36. The summed E-state index contributed by atoms with van der Waals surface area (Å²) < 4.78 is 0.267. The lowest BCUT2D eigenvalue weighted by atomic mass is 10.1. The van der Waals surface area contributed by atoms with E-state index in [2.05, 4.69) is 22.5 Å². The van der Waals surface area contributed by atoms with Crippen molar-refractivity contribution >= 4 is 47.4 Å². The molecule has 0 radical (unpaired) electrons. The van der Waals surface area contributed by atoms with Crippen LogP contribution < -0.4 is 10.6 Å². The fourth-order valence-corrected chi connectivity index (χ4v) is 3.68. The molecule has 0 aliphatic carbocycles. The molecule has 1 unspecified atom stereocenters. The molecule has 6 nitrogen and oxygen atoms in total. The van der Waals surface area contributed by atoms with Gasteiger partial charge in [0, 0.05) is 37.0 Å². The Kier molecular flexibility index (Phi) is 8.10. The third kappa shape index (κ3) is 6.17. The van der Waals surface area contributed by atoms with E-state index in [1.807, 2.05) is 17.8 Å². The van der Waals surface area contributed by atoms with Gasteiger partial charge in [0.25, 0.3) is 5.69 Å². The van der Waals surface area contributed by atoms with Gasteiger partial charge in [0.05, 0.1) is 4.92 Å². The summed E-state index contributed by atoms with van der Waals surface area (Å²) in [5.41, 5.74) is 0.968. The average Bonchev–Trinajstić information content (AvgIpc) is 2.95. The minimum Gasteiger partial charge on any atom is -0.355 e. The van der Waals surface area contributed by atoms with Gasteiger partial charge in [0.1, 0.15) is 0 Å². The SMILES string of the molecule is CN=C(NCc1cccc([N+](=O)[O-])c1)NCC1(C)CCCS1.I. The number of benzene rings is 1. The van der Waals surface area contributed by atoms with E-state index in [-0.39, 0.29) is 39.3 Å². The van der Waals surface area contributed by atoms with E-state index in [4.69, 9.17) is 0 Å². The van der Waals surface area contributed by atoms with Crippen molar-refractivity contribution in [1.82, 2.24) is 10.6 Å². The molecule has 1 heterocycles. The maximum Gasteiger partial charge on any atom is 0.269 e. The molecule has 1 fully saturated rings. The van der Waals surface area contributed by atoms with E-state index in [1.54, 1.807) is 19.2 Å². The predicted molar refractivity (Wildman–Crippen MR) is 107 cm³/mol. The Morgan fingerprint density at radius 2 is 2.26 bits per heavy atom. The van der Waals surface area contributed by atoms with Gasteiger partial charge >= 0.3 is 0 Å². The number of non-ortho nitro benzene ring substituents is 1. The fraction of sp³-hybridized carbons (Fsp3) is 0.533. The highest BCUT2D eigenvalue weighted by Gasteiger charge is 2.29. The van der Waals surface area contributed by atoms with Gasteiger partial charge in [0.2, 0.25) is 0 Å². The molecule has 1 saturated heterocycles. The first-order valence-corrected chi connectivity index (χ1v) is 8.33. The van der Waals surface area contributed by atoms with Crippen LogP contribution in [0.1, 0.15) is 25.3 Å². The second-order valence-corrected chi connectivity index (χ2v) is 7.29. The van der Waals surface area contributed by atoms with Crippen LogP contribution in [0.25, 0.3) is 0 Å². The smallest absolute Gasteiger partial charge is 0.269 e. The molecule has 8 heteroatoms. The Labute approximate surface area is 158 Å². The van der Waals surface area contributed by atoms with Crippen molar-refractivity contribution in [3.63, 3.8) is 0 Å². The molecular formula is C15H23IN4O2S. The molecule has 23 heavy (non-hydrogen) atoms. The van der Waals surface area contributed by atoms with Crippen molar-refractivity contribution < 1.29 is 4.92 Å². The maximum atomic E-state index is 10.8. The van der Waals surface area contributed by atoms with Gasteiger partial charge in [-0.25, -0.2) is 0 Å². The van der Waals surface area contributed by atoms with Crippen molar-refractivity contribution in [2.24, 2.45) is 4.99 Å². The van der Waals surface area contributed by atoms with E-state index >= 15 is 0 Å². The molecule has 1 aromatic carbocycles. The summed E-state index contributed by atoms with van der Waals surface area (Å²) in [6.45, 7) is 3.64. The molecule has 1 aliphatic heterocycles. The zero-order valence-electron chi connectivity index (χ0n) is 13.4. The van der Waals surface area contributed by atoms with E-state index in [1.165, 1.54) is 24.7 Å². The normalized spacial score (nSPS) is 20.7. The van der Waals surface area contributed by atoms with Gasteiger partial charge < -0.3 is 10.6 Å². The van der Waals surface area contributed by atoms with Crippen molar-refractivity contribution in [2.75, 3.05) is 19.3 Å². The average molecular weight is 450 g/mol. The Morgan fingerprint density at radius 3 is 2.87 bits per heavy atom. The number of halogens is 1. The first-order chi connectivity index (χ1) is 10.5. The van der Waals surface area contributed by atoms with Gasteiger partial charge in [-0.15, -0.1) is 24.0 Å². The number of aliphatic imine (C=N–C) groups is 1. The number of nitro groups is 1. The van der Waals surface area contributed by atoms with Gasteiger partial charge in [0.15, 0.2) is 5.96 Å². The topological polar surface area (TPSA) is 79.6 Å². The third-order valence-corrected chi connectivity index (χ3v) is 5.27. The number of hydrogen-bond acceptors (Lipinski definition) is 4. The van der Waals surface area contributed by atoms with E-state index in [0.29, 0.717) is 6.54 Å². The van der Waals surface area contributed by atoms with Gasteiger partial charge in [-0.2, -0.15) is 11.8 Å². The summed E-state index contributed by atoms with van der Waals surface area (Å²) in [6, 6.07) is 6.63. The predicted octanol–water partition coefficient (Wildman–Crippen LogP) is 3.16. The molecule has 128 valence electrons. The highest BCUT2D eigenvalue weighted by atomic mass is 127. The van der Waals surface area contributed by atoms with Crippen LogP contribution in [0.15, 0.2) is 29.3 Å². The number of guanidine groups is 1. The van der Waals surface area contributed by atoms with Crippen LogP contribution in [0, 0.1) is 10.1 Å². The summed E-state index contributed by atoms with van der Waals surface area (Å²) in [7, 11) is 1.73. The first kappa shape index (κ1) is 20.0. The molecule has 0 saturated carbocycles. The maximum absolute atomic E-state index is 10.8. The van der Waals surface area contributed by atoms with Crippen LogP contribution in [-0.2, 0) is 6.54 Å². The number of nitrogens with zero attached hydrogens (tertiary/aromatic N) is 2. The highest BCUT2D eigenvalue weighted by molar-refractivity contribution is 14.0. The number of thioether (sulfide) groups is 1. The van der Waals surface area contributed by atoms with Crippen molar-refractivity contribution in [1.29, 1.82) is 0 Å². The summed E-state index contributed by atoms with van der Waals surface area (Å²) in [4.78, 5) is 14.6. The number of nitrogens with one attached hydrogen (secondary N) is 2. The lowest BCUT2D eigenvalue weighted by molar-refractivity contribution is -0.384. The summed E-state index contributed by atoms with van der Waals surface area (Å²) >= 11 is 2.00. The van der Waals surface area contributed by atoms with Crippen LogP contribution in [0.2, 0.25) is 0 Å². The minimum absolute atomic E-state index is 0. The van der Waals surface area contributed by atoms with E-state index in [0.717, 1.165) is 18.1 Å². The standard InChI is InChI=1S/C15H22N4O2S.HI/c1-15(7-4-8-22-15)11-18-14(16-2)17-10-12-5-3-6-13(9-12)19(20)21;/h3,5-6,9H,4,7-8,10-11H2,1-2H3,(H2,16,17,18);1H. The van der Waals surface area contributed by atoms with Crippen molar-refractivity contribution in [3.8, 4) is 0 Å². The van der Waals surface area contributed by atoms with Crippen LogP contribution in [0.5, 0.6) is 0 Å². The molecule has 2 rings (SSSR count). The second-order valence-electron chi connectivity index (χ2n) is 5.61. The lowest BCUT2D eigenvalue weighted by Crippen LogP contribution is -2.43. The van der Waals surface area contributed by atoms with Crippen molar-refractivity contribution in [2.45, 2.75) is 31.1 Å². The Balaban J connectivity index is 0.00000264. The molecule has 0 spiro atoms. The zero-order chi connectivity index (χ0) is 16.0. The molecule has 1 aliphatic rings. The molecule has 2 N–H and O–H groups in total. The number of nitro benzene ring substituents is 1. The Hall–Kier alpha value is -1.03. The molecule has 0 amide bonds. The largest absolute Gasteiger partial charge is 0.355 e. The third-order valence-electron chi connectivity index (χ3n) is 3.74. The number of hydrogen-bond donors (Lipinski definition) is 2. The van der Waals surface area contributed by atoms with Gasteiger partial charge in [-0.05, 0) is 31.1 Å². The Bertz CT molecular complexity index is 562. The van der Waals surface area contributed by atoms with Crippen LogP contribution in [-0.4, -0.2) is 35.0 Å². The van der Waals surface area contributed by atoms with E-state index < -0.39 is 0 Å².